The SMILES string of the molecule is O=S(=O)(Nc1nc2ccccc2nc1Nc1ccc2ccccc2c1)c1cccc(NO)c1. The van der Waals surface area contributed by atoms with Gasteiger partial charge in [-0.15, -0.1) is 0 Å². The normalized spacial score (nSPS) is 11.4. The van der Waals surface area contributed by atoms with Gasteiger partial charge in [-0.25, -0.2) is 18.4 Å². The Hall–Kier alpha value is -4.21. The van der Waals surface area contributed by atoms with Gasteiger partial charge in [-0.2, -0.15) is 0 Å². The molecule has 4 N–H and O–H groups in total. The minimum Gasteiger partial charge on any atom is -0.337 e. The Morgan fingerprint density at radius 2 is 1.36 bits per heavy atom. The van der Waals surface area contributed by atoms with Crippen LogP contribution < -0.4 is 15.5 Å². The van der Waals surface area contributed by atoms with E-state index in [1.54, 1.807) is 12.1 Å². The zero-order valence-corrected chi connectivity index (χ0v) is 18.0. The van der Waals surface area contributed by atoms with Gasteiger partial charge >= 0.3 is 0 Å². The molecule has 0 spiro atoms. The standard InChI is InChI=1S/C24H19N5O3S/c30-28-19-8-5-9-20(15-19)33(31,32)29-24-23(26-21-10-3-4-11-22(21)27-24)25-18-13-12-16-6-1-2-7-17(16)14-18/h1-15,28,30H,(H,25,26)(H,27,29). The van der Waals surface area contributed by atoms with Gasteiger partial charge in [0.2, 0.25) is 0 Å². The Morgan fingerprint density at radius 1 is 0.667 bits per heavy atom. The molecule has 0 fully saturated rings. The van der Waals surface area contributed by atoms with E-state index in [4.69, 9.17) is 5.21 Å². The lowest BCUT2D eigenvalue weighted by Gasteiger charge is -2.14. The zero-order valence-electron chi connectivity index (χ0n) is 17.2. The summed E-state index contributed by atoms with van der Waals surface area (Å²) >= 11 is 0. The van der Waals surface area contributed by atoms with Crippen molar-refractivity contribution in [1.29, 1.82) is 0 Å². The first-order valence-electron chi connectivity index (χ1n) is 10.1. The molecule has 164 valence electrons. The molecular formula is C24H19N5O3S. The molecule has 0 atom stereocenters. The van der Waals surface area contributed by atoms with Crippen molar-refractivity contribution in [3.63, 3.8) is 0 Å². The molecule has 33 heavy (non-hydrogen) atoms. The van der Waals surface area contributed by atoms with Crippen molar-refractivity contribution in [2.75, 3.05) is 15.5 Å². The average Bonchev–Trinajstić information content (AvgIpc) is 2.84. The van der Waals surface area contributed by atoms with Crippen LogP contribution in [0.1, 0.15) is 0 Å². The first kappa shape index (κ1) is 20.7. The molecule has 5 rings (SSSR count). The molecule has 0 saturated carbocycles. The van der Waals surface area contributed by atoms with Crippen LogP contribution in [-0.2, 0) is 10.0 Å². The topological polar surface area (TPSA) is 116 Å². The predicted octanol–water partition coefficient (Wildman–Crippen LogP) is 5.13. The van der Waals surface area contributed by atoms with E-state index >= 15 is 0 Å². The fraction of sp³-hybridized carbons (Fsp3) is 0. The summed E-state index contributed by atoms with van der Waals surface area (Å²) < 4.78 is 28.7. The van der Waals surface area contributed by atoms with Gasteiger partial charge in [-0.3, -0.25) is 15.4 Å². The first-order valence-corrected chi connectivity index (χ1v) is 11.6. The van der Waals surface area contributed by atoms with E-state index in [0.29, 0.717) is 11.0 Å². The second-order valence-corrected chi connectivity index (χ2v) is 9.02. The van der Waals surface area contributed by atoms with E-state index in [1.807, 2.05) is 66.1 Å². The Kier molecular flexibility index (Phi) is 5.25. The molecule has 5 aromatic rings. The Balaban J connectivity index is 1.57. The van der Waals surface area contributed by atoms with Crippen LogP contribution in [0, 0.1) is 0 Å². The lowest BCUT2D eigenvalue weighted by atomic mass is 10.1. The maximum absolute atomic E-state index is 13.1. The van der Waals surface area contributed by atoms with Gasteiger partial charge in [0.25, 0.3) is 10.0 Å². The third-order valence-corrected chi connectivity index (χ3v) is 6.42. The lowest BCUT2D eigenvalue weighted by molar-refractivity contribution is 0.388. The number of hydrogen-bond acceptors (Lipinski definition) is 7. The van der Waals surface area contributed by atoms with Gasteiger partial charge in [0.1, 0.15) is 0 Å². The van der Waals surface area contributed by atoms with E-state index in [-0.39, 0.29) is 22.2 Å². The number of benzene rings is 4. The summed E-state index contributed by atoms with van der Waals surface area (Å²) in [7, 11) is -4.01. The molecule has 0 aliphatic heterocycles. The molecule has 9 heteroatoms. The second kappa shape index (κ2) is 8.38. The third-order valence-electron chi connectivity index (χ3n) is 5.09. The predicted molar refractivity (Wildman–Crippen MR) is 129 cm³/mol. The van der Waals surface area contributed by atoms with Crippen LogP contribution in [-0.4, -0.2) is 23.6 Å². The summed E-state index contributed by atoms with van der Waals surface area (Å²) in [4.78, 5) is 9.08. The molecule has 0 bridgehead atoms. The van der Waals surface area contributed by atoms with Crippen molar-refractivity contribution in [2.24, 2.45) is 0 Å². The number of nitrogens with one attached hydrogen (secondary N) is 3. The van der Waals surface area contributed by atoms with E-state index in [1.165, 1.54) is 18.2 Å². The minimum absolute atomic E-state index is 0.0341. The summed E-state index contributed by atoms with van der Waals surface area (Å²) in [5.41, 5.74) is 4.11. The maximum atomic E-state index is 13.1. The van der Waals surface area contributed by atoms with Crippen LogP contribution in [0.5, 0.6) is 0 Å². The molecule has 0 aliphatic carbocycles. The van der Waals surface area contributed by atoms with E-state index in [9.17, 15) is 8.42 Å². The van der Waals surface area contributed by atoms with Crippen molar-refractivity contribution < 1.29 is 13.6 Å². The van der Waals surface area contributed by atoms with Crippen molar-refractivity contribution in [3.8, 4) is 0 Å². The largest absolute Gasteiger partial charge is 0.337 e. The molecule has 0 saturated heterocycles. The summed E-state index contributed by atoms with van der Waals surface area (Å²) in [5.74, 6) is 0.327. The summed E-state index contributed by atoms with van der Waals surface area (Å²) in [6, 6.07) is 26.8. The van der Waals surface area contributed by atoms with Gasteiger partial charge in [0.05, 0.1) is 21.6 Å². The highest BCUT2D eigenvalue weighted by Gasteiger charge is 2.19. The quantitative estimate of drug-likeness (QED) is 0.261. The number of fused-ring (bicyclic) bond motifs is 2. The highest BCUT2D eigenvalue weighted by atomic mass is 32.2. The Bertz CT molecular complexity index is 1590. The molecule has 0 amide bonds. The smallest absolute Gasteiger partial charge is 0.263 e. The molecule has 0 unspecified atom stereocenters. The number of aromatic nitrogens is 2. The monoisotopic (exact) mass is 457 g/mol. The van der Waals surface area contributed by atoms with Gasteiger partial charge in [-0.1, -0.05) is 48.5 Å². The van der Waals surface area contributed by atoms with Gasteiger partial charge in [0.15, 0.2) is 11.6 Å². The second-order valence-electron chi connectivity index (χ2n) is 7.34. The number of nitrogens with zero attached hydrogens (tertiary/aromatic N) is 2. The van der Waals surface area contributed by atoms with Gasteiger partial charge in [0, 0.05) is 5.69 Å². The third kappa shape index (κ3) is 4.27. The summed E-state index contributed by atoms with van der Waals surface area (Å²) in [5, 5.41) is 14.4. The fourth-order valence-corrected chi connectivity index (χ4v) is 4.54. The maximum Gasteiger partial charge on any atom is 0.263 e. The van der Waals surface area contributed by atoms with Crippen molar-refractivity contribution in [1.82, 2.24) is 9.97 Å². The molecule has 1 aromatic heterocycles. The van der Waals surface area contributed by atoms with Crippen molar-refractivity contribution in [2.45, 2.75) is 4.90 Å². The van der Waals surface area contributed by atoms with Crippen molar-refractivity contribution >= 4 is 54.8 Å². The van der Waals surface area contributed by atoms with Crippen LogP contribution in [0.15, 0.2) is 95.9 Å². The molecule has 0 aliphatic rings. The van der Waals surface area contributed by atoms with Crippen LogP contribution in [0.2, 0.25) is 0 Å². The molecule has 4 aromatic carbocycles. The number of para-hydroxylation sites is 2. The highest BCUT2D eigenvalue weighted by molar-refractivity contribution is 7.92. The van der Waals surface area contributed by atoms with E-state index in [0.717, 1.165) is 16.5 Å². The van der Waals surface area contributed by atoms with Crippen LogP contribution in [0.25, 0.3) is 21.8 Å². The summed E-state index contributed by atoms with van der Waals surface area (Å²) in [6.07, 6.45) is 0. The first-order chi connectivity index (χ1) is 16.0. The molecule has 1 heterocycles. The van der Waals surface area contributed by atoms with Crippen molar-refractivity contribution in [3.05, 3.63) is 91.0 Å². The lowest BCUT2D eigenvalue weighted by Crippen LogP contribution is -2.16. The van der Waals surface area contributed by atoms with Gasteiger partial charge < -0.3 is 5.32 Å². The van der Waals surface area contributed by atoms with Crippen LogP contribution >= 0.6 is 0 Å². The molecular weight excluding hydrogens is 438 g/mol. The Morgan fingerprint density at radius 3 is 2.12 bits per heavy atom. The van der Waals surface area contributed by atoms with E-state index in [2.05, 4.69) is 20.0 Å². The number of hydrogen-bond donors (Lipinski definition) is 4. The van der Waals surface area contributed by atoms with E-state index < -0.39 is 10.0 Å². The number of rotatable bonds is 6. The molecule has 8 nitrogen and oxygen atoms in total. The van der Waals surface area contributed by atoms with Crippen LogP contribution in [0.3, 0.4) is 0 Å². The highest BCUT2D eigenvalue weighted by Crippen LogP contribution is 2.29. The fourth-order valence-electron chi connectivity index (χ4n) is 3.48. The minimum atomic E-state index is -4.01. The average molecular weight is 458 g/mol. The van der Waals surface area contributed by atoms with Crippen LogP contribution in [0.4, 0.5) is 23.0 Å². The Labute approximate surface area is 190 Å². The molecule has 0 radical (unpaired) electrons. The number of sulfonamides is 1. The number of anilines is 4. The summed E-state index contributed by atoms with van der Waals surface area (Å²) in [6.45, 7) is 0. The van der Waals surface area contributed by atoms with Gasteiger partial charge in [-0.05, 0) is 53.2 Å². The zero-order chi connectivity index (χ0) is 22.8.